The predicted octanol–water partition coefficient (Wildman–Crippen LogP) is 6.19. The average Bonchev–Trinajstić information content (AvgIpc) is 2.51. The van der Waals surface area contributed by atoms with Gasteiger partial charge in [-0.1, -0.05) is 61.9 Å². The molecule has 0 bridgehead atoms. The van der Waals surface area contributed by atoms with E-state index in [0.29, 0.717) is 5.92 Å². The van der Waals surface area contributed by atoms with Crippen LogP contribution in [0.5, 0.6) is 0 Å². The quantitative estimate of drug-likeness (QED) is 0.515. The largest absolute Gasteiger partial charge is 0.256 e. The summed E-state index contributed by atoms with van der Waals surface area (Å²) in [6, 6.07) is 13.8. The van der Waals surface area contributed by atoms with Gasteiger partial charge in [-0.15, -0.1) is 0 Å². The zero-order chi connectivity index (χ0) is 18.4. The number of hydrogen-bond donors (Lipinski definition) is 0. The lowest BCUT2D eigenvalue weighted by Crippen LogP contribution is -2.38. The Kier molecular flexibility index (Phi) is 4.59. The second-order valence-electron chi connectivity index (χ2n) is 8.60. The standard InChI is InChI=1S/C23H29NSi/c1-15(2)18-13-21-20(22(14-18)25(5,6)7)8-9-24-23(21)19-11-16(3)10-17(4)12-19/h8-15H,1-7H3. The van der Waals surface area contributed by atoms with Gasteiger partial charge in [-0.2, -0.15) is 0 Å². The van der Waals surface area contributed by atoms with Crippen molar-refractivity contribution < 1.29 is 0 Å². The van der Waals surface area contributed by atoms with E-state index >= 15 is 0 Å². The topological polar surface area (TPSA) is 12.9 Å². The first-order valence-electron chi connectivity index (χ1n) is 9.18. The minimum atomic E-state index is -1.45. The summed E-state index contributed by atoms with van der Waals surface area (Å²) in [6.45, 7) is 16.2. The van der Waals surface area contributed by atoms with E-state index < -0.39 is 8.07 Å². The molecule has 3 aromatic rings. The first-order valence-corrected chi connectivity index (χ1v) is 12.7. The van der Waals surface area contributed by atoms with Gasteiger partial charge in [-0.05, 0) is 55.0 Å². The van der Waals surface area contributed by atoms with Gasteiger partial charge < -0.3 is 0 Å². The highest BCUT2D eigenvalue weighted by atomic mass is 28.3. The Morgan fingerprint density at radius 3 is 2.04 bits per heavy atom. The summed E-state index contributed by atoms with van der Waals surface area (Å²) in [5.74, 6) is 0.520. The van der Waals surface area contributed by atoms with Crippen LogP contribution in [0.15, 0.2) is 42.6 Å². The molecule has 0 fully saturated rings. The SMILES string of the molecule is Cc1cc(C)cc(-c2nccc3c([Si](C)(C)C)cc(C(C)C)cc23)c1. The molecule has 0 radical (unpaired) electrons. The third kappa shape index (κ3) is 3.54. The van der Waals surface area contributed by atoms with Crippen LogP contribution in [0.3, 0.4) is 0 Å². The smallest absolute Gasteiger partial charge is 0.0784 e. The van der Waals surface area contributed by atoms with Crippen LogP contribution in [0.2, 0.25) is 19.6 Å². The van der Waals surface area contributed by atoms with E-state index in [0.717, 1.165) is 5.69 Å². The van der Waals surface area contributed by atoms with Crippen LogP contribution in [0.4, 0.5) is 0 Å². The van der Waals surface area contributed by atoms with Gasteiger partial charge in [0.1, 0.15) is 0 Å². The molecule has 0 N–H and O–H groups in total. The Labute approximate surface area is 153 Å². The van der Waals surface area contributed by atoms with E-state index in [4.69, 9.17) is 4.98 Å². The molecule has 2 aromatic carbocycles. The van der Waals surface area contributed by atoms with Crippen molar-refractivity contribution >= 4 is 24.0 Å². The number of rotatable bonds is 3. The number of aryl methyl sites for hydroxylation is 2. The van der Waals surface area contributed by atoms with Crippen molar-refractivity contribution in [1.82, 2.24) is 4.98 Å². The monoisotopic (exact) mass is 347 g/mol. The molecule has 1 nitrogen and oxygen atoms in total. The minimum absolute atomic E-state index is 0.520. The van der Waals surface area contributed by atoms with Gasteiger partial charge in [0.25, 0.3) is 0 Å². The second-order valence-corrected chi connectivity index (χ2v) is 13.6. The Balaban J connectivity index is 2.40. The summed E-state index contributed by atoms with van der Waals surface area (Å²) < 4.78 is 0. The molecule has 0 aliphatic carbocycles. The van der Waals surface area contributed by atoms with Gasteiger partial charge in [-0.3, -0.25) is 4.98 Å². The van der Waals surface area contributed by atoms with E-state index in [1.54, 1.807) is 5.19 Å². The number of hydrogen-bond acceptors (Lipinski definition) is 1. The van der Waals surface area contributed by atoms with E-state index in [9.17, 15) is 0 Å². The van der Waals surface area contributed by atoms with Crippen molar-refractivity contribution in [2.75, 3.05) is 0 Å². The highest BCUT2D eigenvalue weighted by molar-refractivity contribution is 6.90. The Morgan fingerprint density at radius 1 is 0.840 bits per heavy atom. The lowest BCUT2D eigenvalue weighted by Gasteiger charge is -2.23. The number of fused-ring (bicyclic) bond motifs is 1. The van der Waals surface area contributed by atoms with Crippen molar-refractivity contribution in [1.29, 1.82) is 0 Å². The van der Waals surface area contributed by atoms with Crippen LogP contribution in [0, 0.1) is 13.8 Å². The van der Waals surface area contributed by atoms with Crippen molar-refractivity contribution in [3.8, 4) is 11.3 Å². The van der Waals surface area contributed by atoms with Crippen molar-refractivity contribution in [2.45, 2.75) is 53.3 Å². The number of aromatic nitrogens is 1. The van der Waals surface area contributed by atoms with Gasteiger partial charge >= 0.3 is 0 Å². The molecule has 0 saturated heterocycles. The van der Waals surface area contributed by atoms with Crippen LogP contribution in [0.25, 0.3) is 22.0 Å². The normalized spacial score (nSPS) is 12.2. The number of benzene rings is 2. The molecule has 1 heterocycles. The maximum Gasteiger partial charge on any atom is 0.0784 e. The van der Waals surface area contributed by atoms with Gasteiger partial charge in [-0.25, -0.2) is 0 Å². The summed E-state index contributed by atoms with van der Waals surface area (Å²) in [5, 5.41) is 4.23. The zero-order valence-electron chi connectivity index (χ0n) is 16.6. The fourth-order valence-corrected chi connectivity index (χ4v) is 5.23. The maximum absolute atomic E-state index is 4.80. The van der Waals surface area contributed by atoms with Gasteiger partial charge in [0.05, 0.1) is 13.8 Å². The van der Waals surface area contributed by atoms with Crippen LogP contribution in [-0.4, -0.2) is 13.1 Å². The lowest BCUT2D eigenvalue weighted by atomic mass is 9.95. The molecule has 3 rings (SSSR count). The molecule has 0 spiro atoms. The van der Waals surface area contributed by atoms with E-state index in [1.165, 1.54) is 33.0 Å². The highest BCUT2D eigenvalue weighted by Gasteiger charge is 2.22. The van der Waals surface area contributed by atoms with Gasteiger partial charge in [0.15, 0.2) is 0 Å². The van der Waals surface area contributed by atoms with Crippen LogP contribution in [0.1, 0.15) is 36.5 Å². The Hall–Kier alpha value is -1.93. The number of pyridine rings is 1. The predicted molar refractivity (Wildman–Crippen MR) is 114 cm³/mol. The summed E-state index contributed by atoms with van der Waals surface area (Å²) in [7, 11) is -1.45. The first-order chi connectivity index (χ1) is 11.7. The molecular weight excluding hydrogens is 318 g/mol. The average molecular weight is 348 g/mol. The summed E-state index contributed by atoms with van der Waals surface area (Å²) >= 11 is 0. The summed E-state index contributed by atoms with van der Waals surface area (Å²) in [5.41, 5.74) is 6.35. The van der Waals surface area contributed by atoms with Crippen LogP contribution < -0.4 is 5.19 Å². The maximum atomic E-state index is 4.80. The first kappa shape index (κ1) is 17.9. The lowest BCUT2D eigenvalue weighted by molar-refractivity contribution is 0.869. The van der Waals surface area contributed by atoms with E-state index in [-0.39, 0.29) is 0 Å². The van der Waals surface area contributed by atoms with Crippen molar-refractivity contribution in [3.05, 3.63) is 59.3 Å². The summed E-state index contributed by atoms with van der Waals surface area (Å²) in [6.07, 6.45) is 1.98. The number of nitrogens with zero attached hydrogens (tertiary/aromatic N) is 1. The third-order valence-electron chi connectivity index (χ3n) is 4.87. The molecule has 0 atom stereocenters. The Morgan fingerprint density at radius 2 is 1.48 bits per heavy atom. The zero-order valence-corrected chi connectivity index (χ0v) is 17.6. The molecule has 0 amide bonds. The summed E-state index contributed by atoms with van der Waals surface area (Å²) in [4.78, 5) is 4.80. The second kappa shape index (κ2) is 6.42. The third-order valence-corrected chi connectivity index (χ3v) is 6.90. The van der Waals surface area contributed by atoms with Crippen LogP contribution >= 0.6 is 0 Å². The molecule has 0 aliphatic rings. The minimum Gasteiger partial charge on any atom is -0.256 e. The van der Waals surface area contributed by atoms with Gasteiger partial charge in [0, 0.05) is 17.1 Å². The van der Waals surface area contributed by atoms with Crippen LogP contribution in [-0.2, 0) is 0 Å². The fourth-order valence-electron chi connectivity index (χ4n) is 3.60. The van der Waals surface area contributed by atoms with Crippen molar-refractivity contribution in [3.63, 3.8) is 0 Å². The molecule has 130 valence electrons. The molecule has 1 aromatic heterocycles. The highest BCUT2D eigenvalue weighted by Crippen LogP contribution is 2.31. The van der Waals surface area contributed by atoms with Crippen molar-refractivity contribution in [2.24, 2.45) is 0 Å². The molecule has 25 heavy (non-hydrogen) atoms. The molecular formula is C23H29NSi. The molecule has 0 unspecified atom stereocenters. The molecule has 0 saturated carbocycles. The Bertz CT molecular complexity index is 912. The molecule has 2 heteroatoms. The van der Waals surface area contributed by atoms with Gasteiger partial charge in [0.2, 0.25) is 0 Å². The van der Waals surface area contributed by atoms with E-state index in [1.807, 2.05) is 6.20 Å². The van der Waals surface area contributed by atoms with E-state index in [2.05, 4.69) is 83.7 Å². The fraction of sp³-hybridized carbons (Fsp3) is 0.348. The molecule has 0 aliphatic heterocycles.